The number of hydrogen-bond donors (Lipinski definition) is 4. The number of nitrogens with two attached hydrogens (primary N) is 2. The highest BCUT2D eigenvalue weighted by Gasteiger charge is 2.24. The smallest absolute Gasteiger partial charge is 0.338 e. The number of anilines is 2. The average molecular weight is 588 g/mol. The molecule has 1 atom stereocenters. The van der Waals surface area contributed by atoms with Crippen molar-refractivity contribution >= 4 is 46.1 Å². The summed E-state index contributed by atoms with van der Waals surface area (Å²) in [6.07, 6.45) is 1.79. The van der Waals surface area contributed by atoms with E-state index in [9.17, 15) is 9.59 Å². The van der Waals surface area contributed by atoms with E-state index >= 15 is 0 Å². The number of benzene rings is 1. The maximum atomic E-state index is 12.5. The molecule has 0 radical (unpaired) electrons. The molecule has 0 aliphatic carbocycles. The number of H-pyrrole nitrogens is 1. The number of halogens is 2. The summed E-state index contributed by atoms with van der Waals surface area (Å²) in [6.45, 7) is 4.70. The fraction of sp³-hybridized carbons (Fsp3) is 0.381. The van der Waals surface area contributed by atoms with E-state index in [-0.39, 0.29) is 58.3 Å². The first-order valence-electron chi connectivity index (χ1n) is 10.3. The van der Waals surface area contributed by atoms with E-state index in [1.54, 1.807) is 12.1 Å². The second-order valence-electron chi connectivity index (χ2n) is 7.54. The number of nitrogens with zero attached hydrogens (tertiary/aromatic N) is 3. The Kier molecular flexibility index (Phi) is 9.23. The Bertz CT molecular complexity index is 1170. The van der Waals surface area contributed by atoms with Gasteiger partial charge in [0.15, 0.2) is 33.5 Å². The number of carbonyl (C=O) groups excluding carboxylic acids is 2. The van der Waals surface area contributed by atoms with Gasteiger partial charge in [-0.15, -0.1) is 0 Å². The second-order valence-corrected chi connectivity index (χ2v) is 7.89. The minimum Gasteiger partial charge on any atom is -1.00 e. The fourth-order valence-electron chi connectivity index (χ4n) is 3.29. The van der Waals surface area contributed by atoms with Gasteiger partial charge in [0.2, 0.25) is 0 Å². The van der Waals surface area contributed by atoms with Crippen molar-refractivity contribution in [2.24, 2.45) is 7.05 Å². The van der Waals surface area contributed by atoms with Crippen LogP contribution in [-0.2, 0) is 11.8 Å². The molecule has 0 aliphatic heterocycles. The number of aryl methyl sites for hydroxylation is 1. The van der Waals surface area contributed by atoms with Gasteiger partial charge in [0.1, 0.15) is 0 Å². The van der Waals surface area contributed by atoms with E-state index < -0.39 is 5.91 Å². The van der Waals surface area contributed by atoms with E-state index in [1.807, 2.05) is 31.5 Å². The number of imidazole rings is 1. The Morgan fingerprint density at radius 1 is 1.27 bits per heavy atom. The molecule has 0 aliphatic rings. The highest BCUT2D eigenvalue weighted by atomic mass is 127. The summed E-state index contributed by atoms with van der Waals surface area (Å²) in [5.41, 5.74) is 13.4. The Hall–Kier alpha value is -2.67. The lowest BCUT2D eigenvalue weighted by atomic mass is 10.1. The molecule has 3 rings (SSSR count). The molecule has 2 aromatic heterocycles. The molecule has 1 amide bonds. The van der Waals surface area contributed by atoms with Crippen LogP contribution in [0.25, 0.3) is 11.0 Å². The molecule has 0 saturated carbocycles. The largest absolute Gasteiger partial charge is 1.00 e. The lowest BCUT2D eigenvalue weighted by Gasteiger charge is -2.10. The van der Waals surface area contributed by atoms with Crippen molar-refractivity contribution in [2.45, 2.75) is 32.6 Å². The lowest BCUT2D eigenvalue weighted by Crippen LogP contribution is -3.00. The van der Waals surface area contributed by atoms with E-state index in [0.29, 0.717) is 18.7 Å². The number of rotatable bonds is 8. The van der Waals surface area contributed by atoms with Gasteiger partial charge in [0.25, 0.3) is 11.7 Å². The summed E-state index contributed by atoms with van der Waals surface area (Å²) in [5.74, 6) is -0.194. The molecular formula is C21H27ClIN7O3. The van der Waals surface area contributed by atoms with Crippen LogP contribution in [0.4, 0.5) is 11.6 Å². The van der Waals surface area contributed by atoms with Gasteiger partial charge in [0.05, 0.1) is 25.1 Å². The molecule has 0 saturated heterocycles. The summed E-state index contributed by atoms with van der Waals surface area (Å²) < 4.78 is 7.27. The average Bonchev–Trinajstić information content (AvgIpc) is 3.10. The van der Waals surface area contributed by atoms with E-state index in [2.05, 4.69) is 20.3 Å². The van der Waals surface area contributed by atoms with Gasteiger partial charge in [-0.1, -0.05) is 24.9 Å². The zero-order valence-electron chi connectivity index (χ0n) is 18.6. The number of fused-ring (bicyclic) bond motifs is 1. The molecule has 178 valence electrons. The van der Waals surface area contributed by atoms with Gasteiger partial charge in [0, 0.05) is 12.6 Å². The highest BCUT2D eigenvalue weighted by molar-refractivity contribution is 6.31. The third-order valence-corrected chi connectivity index (χ3v) is 5.38. The highest BCUT2D eigenvalue weighted by Crippen LogP contribution is 2.19. The molecule has 33 heavy (non-hydrogen) atoms. The molecule has 10 nitrogen and oxygen atoms in total. The van der Waals surface area contributed by atoms with Crippen molar-refractivity contribution in [3.8, 4) is 0 Å². The lowest BCUT2D eigenvalue weighted by molar-refractivity contribution is -0.654. The normalized spacial score (nSPS) is 11.6. The maximum absolute atomic E-state index is 12.5. The molecule has 6 N–H and O–H groups in total. The van der Waals surface area contributed by atoms with Gasteiger partial charge in [-0.25, -0.2) is 24.3 Å². The number of ether oxygens (including phenoxy) is 1. The minimum absolute atomic E-state index is 0. The van der Waals surface area contributed by atoms with Gasteiger partial charge < -0.3 is 45.5 Å². The van der Waals surface area contributed by atoms with Gasteiger partial charge in [-0.3, -0.25) is 4.79 Å². The third kappa shape index (κ3) is 6.02. The quantitative estimate of drug-likeness (QED) is 0.115. The standard InChI is InChI=1S/C21H26ClN7O3.HI/c1-4-5-8-32-21(31)12-6-7-14-13(9-12)26-19(29(14)3)11(2)10-25-20(30)15-17(23)28-18(24)16(22)27-15;/h6-7,9,11H,4-5,8,10H2,1-3H3,(H5,23,24,25,28,30);1H. The first-order chi connectivity index (χ1) is 15.2. The first kappa shape index (κ1) is 26.6. The Morgan fingerprint density at radius 3 is 2.70 bits per heavy atom. The number of nitrogen functional groups attached to an aromatic ring is 2. The number of aromatic nitrogens is 4. The summed E-state index contributed by atoms with van der Waals surface area (Å²) in [4.78, 5) is 35.8. The van der Waals surface area contributed by atoms with Crippen molar-refractivity contribution in [3.05, 3.63) is 40.4 Å². The number of carbonyl (C=O) groups is 2. The number of aromatic amines is 1. The molecule has 0 bridgehead atoms. The van der Waals surface area contributed by atoms with E-state index in [1.165, 1.54) is 0 Å². The predicted molar refractivity (Wildman–Crippen MR) is 121 cm³/mol. The van der Waals surface area contributed by atoms with Crippen molar-refractivity contribution in [1.82, 2.24) is 20.3 Å². The van der Waals surface area contributed by atoms with Crippen molar-refractivity contribution in [1.29, 1.82) is 0 Å². The molecule has 2 heterocycles. The van der Waals surface area contributed by atoms with Crippen LogP contribution < -0.4 is 45.3 Å². The Balaban J connectivity index is 0.00000385. The summed E-state index contributed by atoms with van der Waals surface area (Å²) >= 11 is 5.85. The molecular weight excluding hydrogens is 561 g/mol. The minimum atomic E-state index is -0.500. The molecule has 12 heteroatoms. The molecule has 1 aromatic carbocycles. The van der Waals surface area contributed by atoms with Crippen LogP contribution in [0, 0.1) is 0 Å². The van der Waals surface area contributed by atoms with Crippen molar-refractivity contribution in [2.75, 3.05) is 24.6 Å². The van der Waals surface area contributed by atoms with E-state index in [4.69, 9.17) is 27.8 Å². The van der Waals surface area contributed by atoms with Gasteiger partial charge in [-0.05, 0) is 25.5 Å². The summed E-state index contributed by atoms with van der Waals surface area (Å²) in [5, 5.41) is 2.71. The van der Waals surface area contributed by atoms with Crippen LogP contribution in [0.3, 0.4) is 0 Å². The zero-order valence-corrected chi connectivity index (χ0v) is 21.5. The SMILES string of the molecule is CCCCOC(=O)c1ccc2c(c1)[nH]c(C(C)CNC(=O)c1nc(Cl)c(N)nc1N)[n+]2C.[I-]. The number of esters is 1. The molecule has 3 aromatic rings. The first-order valence-corrected chi connectivity index (χ1v) is 10.7. The van der Waals surface area contributed by atoms with Crippen LogP contribution in [0.5, 0.6) is 0 Å². The third-order valence-electron chi connectivity index (χ3n) is 5.10. The maximum Gasteiger partial charge on any atom is 0.338 e. The Labute approximate surface area is 213 Å². The zero-order chi connectivity index (χ0) is 23.4. The number of amides is 1. The van der Waals surface area contributed by atoms with Gasteiger partial charge in [-0.2, -0.15) is 0 Å². The van der Waals surface area contributed by atoms with Crippen LogP contribution in [0.15, 0.2) is 18.2 Å². The van der Waals surface area contributed by atoms with Crippen LogP contribution in [0.1, 0.15) is 59.3 Å². The van der Waals surface area contributed by atoms with Crippen molar-refractivity contribution < 1.29 is 42.9 Å². The van der Waals surface area contributed by atoms with Crippen LogP contribution >= 0.6 is 11.6 Å². The topological polar surface area (TPSA) is 153 Å². The second kappa shape index (κ2) is 11.5. The van der Waals surface area contributed by atoms with Crippen molar-refractivity contribution in [3.63, 3.8) is 0 Å². The number of hydrogen-bond acceptors (Lipinski definition) is 7. The monoisotopic (exact) mass is 587 g/mol. The summed E-state index contributed by atoms with van der Waals surface area (Å²) in [6, 6.07) is 5.38. The van der Waals surface area contributed by atoms with Gasteiger partial charge >= 0.3 is 5.97 Å². The molecule has 0 fully saturated rings. The number of nitrogens with one attached hydrogen (secondary N) is 2. The van der Waals surface area contributed by atoms with Crippen LogP contribution in [-0.4, -0.2) is 40.0 Å². The molecule has 1 unspecified atom stereocenters. The van der Waals surface area contributed by atoms with Crippen LogP contribution in [0.2, 0.25) is 5.15 Å². The molecule has 0 spiro atoms. The fourth-order valence-corrected chi connectivity index (χ4v) is 3.42. The van der Waals surface area contributed by atoms with E-state index in [0.717, 1.165) is 29.7 Å². The summed E-state index contributed by atoms with van der Waals surface area (Å²) in [7, 11) is 1.91. The number of unbranched alkanes of at least 4 members (excludes halogenated alkanes) is 1. The predicted octanol–water partition coefficient (Wildman–Crippen LogP) is -0.905. The Morgan fingerprint density at radius 2 is 2.00 bits per heavy atom.